The van der Waals surface area contributed by atoms with Crippen LogP contribution in [0.3, 0.4) is 0 Å². The second kappa shape index (κ2) is 8.51. The normalized spacial score (nSPS) is 14.3. The predicted octanol–water partition coefficient (Wildman–Crippen LogP) is 3.87. The van der Waals surface area contributed by atoms with Gasteiger partial charge in [-0.05, 0) is 32.8 Å². The SMILES string of the molecule is CC/C=C/C(C(=O)OC(C)(C)C)C(C(=O)OC)c1ccccc1. The quantitative estimate of drug-likeness (QED) is 0.590. The molecule has 126 valence electrons. The first-order chi connectivity index (χ1) is 10.8. The Hall–Kier alpha value is -2.10. The predicted molar refractivity (Wildman–Crippen MR) is 90.0 cm³/mol. The van der Waals surface area contributed by atoms with Crippen LogP contribution in [0, 0.1) is 5.92 Å². The van der Waals surface area contributed by atoms with Gasteiger partial charge in [-0.2, -0.15) is 0 Å². The maximum atomic E-state index is 12.6. The van der Waals surface area contributed by atoms with E-state index in [2.05, 4.69) is 0 Å². The minimum atomic E-state index is -0.723. The molecule has 0 saturated heterocycles. The first-order valence-electron chi connectivity index (χ1n) is 7.82. The highest BCUT2D eigenvalue weighted by Gasteiger charge is 2.36. The molecule has 0 heterocycles. The molecule has 2 unspecified atom stereocenters. The molecule has 1 aromatic rings. The first-order valence-corrected chi connectivity index (χ1v) is 7.82. The van der Waals surface area contributed by atoms with Gasteiger partial charge in [-0.3, -0.25) is 9.59 Å². The van der Waals surface area contributed by atoms with Crippen LogP contribution in [-0.2, 0) is 19.1 Å². The van der Waals surface area contributed by atoms with Crippen molar-refractivity contribution in [2.45, 2.75) is 45.6 Å². The fraction of sp³-hybridized carbons (Fsp3) is 0.474. The Bertz CT molecular complexity index is 540. The van der Waals surface area contributed by atoms with Crippen LogP contribution in [0.2, 0.25) is 0 Å². The monoisotopic (exact) mass is 318 g/mol. The van der Waals surface area contributed by atoms with E-state index in [1.807, 2.05) is 43.3 Å². The lowest BCUT2D eigenvalue weighted by molar-refractivity contribution is -0.162. The summed E-state index contributed by atoms with van der Waals surface area (Å²) in [6, 6.07) is 9.17. The Morgan fingerprint density at radius 1 is 1.13 bits per heavy atom. The van der Waals surface area contributed by atoms with E-state index in [4.69, 9.17) is 9.47 Å². The van der Waals surface area contributed by atoms with E-state index < -0.39 is 29.4 Å². The van der Waals surface area contributed by atoms with Gasteiger partial charge >= 0.3 is 11.9 Å². The standard InChI is InChI=1S/C19H26O4/c1-6-7-13-15(17(20)23-19(2,3)4)16(18(21)22-5)14-11-9-8-10-12-14/h7-13,15-16H,6H2,1-5H3/b13-7+. The number of benzene rings is 1. The maximum Gasteiger partial charge on any atom is 0.314 e. The summed E-state index contributed by atoms with van der Waals surface area (Å²) >= 11 is 0. The summed E-state index contributed by atoms with van der Waals surface area (Å²) in [7, 11) is 1.33. The number of ether oxygens (including phenoxy) is 2. The molecule has 0 aliphatic rings. The van der Waals surface area contributed by atoms with E-state index in [-0.39, 0.29) is 0 Å². The van der Waals surface area contributed by atoms with Gasteiger partial charge in [-0.25, -0.2) is 0 Å². The molecular formula is C19H26O4. The van der Waals surface area contributed by atoms with Crippen molar-refractivity contribution in [2.75, 3.05) is 7.11 Å². The number of hydrogen-bond acceptors (Lipinski definition) is 4. The van der Waals surface area contributed by atoms with Gasteiger partial charge in [0.2, 0.25) is 0 Å². The lowest BCUT2D eigenvalue weighted by Crippen LogP contribution is -2.34. The molecule has 1 aromatic carbocycles. The Morgan fingerprint density at radius 2 is 1.74 bits per heavy atom. The van der Waals surface area contributed by atoms with Crippen LogP contribution >= 0.6 is 0 Å². The molecule has 0 saturated carbocycles. The van der Waals surface area contributed by atoms with Crippen molar-refractivity contribution in [1.82, 2.24) is 0 Å². The minimum absolute atomic E-state index is 0.429. The molecule has 0 aliphatic carbocycles. The molecule has 0 aliphatic heterocycles. The van der Waals surface area contributed by atoms with Gasteiger partial charge < -0.3 is 9.47 Å². The van der Waals surface area contributed by atoms with E-state index in [1.54, 1.807) is 26.8 Å². The van der Waals surface area contributed by atoms with E-state index in [0.29, 0.717) is 0 Å². The molecule has 0 bridgehead atoms. The smallest absolute Gasteiger partial charge is 0.314 e. The van der Waals surface area contributed by atoms with Crippen molar-refractivity contribution in [3.63, 3.8) is 0 Å². The molecule has 0 spiro atoms. The number of carbonyl (C=O) groups excluding carboxylic acids is 2. The van der Waals surface area contributed by atoms with Crippen LogP contribution in [-0.4, -0.2) is 24.6 Å². The van der Waals surface area contributed by atoms with Crippen molar-refractivity contribution in [2.24, 2.45) is 5.92 Å². The summed E-state index contributed by atoms with van der Waals surface area (Å²) < 4.78 is 10.4. The van der Waals surface area contributed by atoms with Gasteiger partial charge in [0.1, 0.15) is 5.60 Å². The van der Waals surface area contributed by atoms with Crippen LogP contribution < -0.4 is 0 Å². The first kappa shape index (κ1) is 18.9. The van der Waals surface area contributed by atoms with Gasteiger partial charge in [0.15, 0.2) is 0 Å². The van der Waals surface area contributed by atoms with Crippen molar-refractivity contribution >= 4 is 11.9 Å². The molecule has 0 amide bonds. The van der Waals surface area contributed by atoms with Crippen molar-refractivity contribution in [3.05, 3.63) is 48.0 Å². The summed E-state index contributed by atoms with van der Waals surface area (Å²) in [4.78, 5) is 24.9. The molecule has 1 rings (SSSR count). The minimum Gasteiger partial charge on any atom is -0.469 e. The van der Waals surface area contributed by atoms with Gasteiger partial charge in [-0.15, -0.1) is 0 Å². The highest BCUT2D eigenvalue weighted by Crippen LogP contribution is 2.30. The van der Waals surface area contributed by atoms with Crippen LogP contribution in [0.15, 0.2) is 42.5 Å². The third-order valence-electron chi connectivity index (χ3n) is 3.23. The van der Waals surface area contributed by atoms with Crippen LogP contribution in [0.5, 0.6) is 0 Å². The molecular weight excluding hydrogens is 292 g/mol. The lowest BCUT2D eigenvalue weighted by atomic mass is 9.85. The Kier molecular flexibility index (Phi) is 7.01. The second-order valence-corrected chi connectivity index (χ2v) is 6.31. The molecule has 0 radical (unpaired) electrons. The zero-order valence-corrected chi connectivity index (χ0v) is 14.5. The van der Waals surface area contributed by atoms with E-state index in [9.17, 15) is 9.59 Å². The maximum absolute atomic E-state index is 12.6. The van der Waals surface area contributed by atoms with Gasteiger partial charge in [0.05, 0.1) is 18.9 Å². The molecule has 2 atom stereocenters. The van der Waals surface area contributed by atoms with E-state index >= 15 is 0 Å². The zero-order chi connectivity index (χ0) is 17.5. The van der Waals surface area contributed by atoms with E-state index in [1.165, 1.54) is 7.11 Å². The average Bonchev–Trinajstić information content (AvgIpc) is 2.49. The summed E-state index contributed by atoms with van der Waals surface area (Å²) in [6.07, 6.45) is 4.37. The van der Waals surface area contributed by atoms with Crippen molar-refractivity contribution in [3.8, 4) is 0 Å². The number of esters is 2. The fourth-order valence-corrected chi connectivity index (χ4v) is 2.26. The third kappa shape index (κ3) is 5.89. The fourth-order valence-electron chi connectivity index (χ4n) is 2.26. The molecule has 23 heavy (non-hydrogen) atoms. The van der Waals surface area contributed by atoms with Gasteiger partial charge in [0.25, 0.3) is 0 Å². The Morgan fingerprint density at radius 3 is 2.22 bits per heavy atom. The molecule has 0 fully saturated rings. The van der Waals surface area contributed by atoms with Gasteiger partial charge in [0, 0.05) is 0 Å². The number of allylic oxidation sites excluding steroid dienone is 1. The molecule has 4 nitrogen and oxygen atoms in total. The summed E-state index contributed by atoms with van der Waals surface area (Å²) in [5.41, 5.74) is 0.114. The van der Waals surface area contributed by atoms with Crippen LogP contribution in [0.25, 0.3) is 0 Å². The summed E-state index contributed by atoms with van der Waals surface area (Å²) in [6.45, 7) is 7.39. The lowest BCUT2D eigenvalue weighted by Gasteiger charge is -2.26. The van der Waals surface area contributed by atoms with Gasteiger partial charge in [-0.1, -0.05) is 49.4 Å². The summed E-state index contributed by atoms with van der Waals surface area (Å²) in [5.74, 6) is -2.32. The Labute approximate surface area is 138 Å². The number of carbonyl (C=O) groups is 2. The Balaban J connectivity index is 3.25. The number of hydrogen-bond donors (Lipinski definition) is 0. The topological polar surface area (TPSA) is 52.6 Å². The highest BCUT2D eigenvalue weighted by molar-refractivity contribution is 5.87. The van der Waals surface area contributed by atoms with Crippen molar-refractivity contribution < 1.29 is 19.1 Å². The van der Waals surface area contributed by atoms with Crippen LogP contribution in [0.1, 0.15) is 45.6 Å². The molecule has 0 aromatic heterocycles. The third-order valence-corrected chi connectivity index (χ3v) is 3.23. The number of methoxy groups -OCH3 is 1. The highest BCUT2D eigenvalue weighted by atomic mass is 16.6. The number of rotatable bonds is 6. The van der Waals surface area contributed by atoms with Crippen molar-refractivity contribution in [1.29, 1.82) is 0 Å². The average molecular weight is 318 g/mol. The molecule has 0 N–H and O–H groups in total. The zero-order valence-electron chi connectivity index (χ0n) is 14.5. The molecule has 4 heteroatoms. The van der Waals surface area contributed by atoms with E-state index in [0.717, 1.165) is 12.0 Å². The van der Waals surface area contributed by atoms with Crippen LogP contribution in [0.4, 0.5) is 0 Å². The summed E-state index contributed by atoms with van der Waals surface area (Å²) in [5, 5.41) is 0. The second-order valence-electron chi connectivity index (χ2n) is 6.31. The largest absolute Gasteiger partial charge is 0.469 e.